The topological polar surface area (TPSA) is 44.4 Å². The summed E-state index contributed by atoms with van der Waals surface area (Å²) in [6, 6.07) is -0.147. The van der Waals surface area contributed by atoms with E-state index in [0.29, 0.717) is 0 Å². The molecule has 1 aliphatic rings. The van der Waals surface area contributed by atoms with Gasteiger partial charge in [0.15, 0.2) is 0 Å². The van der Waals surface area contributed by atoms with Gasteiger partial charge in [-0.3, -0.25) is 4.90 Å². The number of nitrogens with one attached hydrogen (secondary N) is 2. The summed E-state index contributed by atoms with van der Waals surface area (Å²) < 4.78 is 0. The molecule has 68 valence electrons. The maximum atomic E-state index is 11.1. The third-order valence-corrected chi connectivity index (χ3v) is 2.10. The highest BCUT2D eigenvalue weighted by molar-refractivity contribution is 5.78. The van der Waals surface area contributed by atoms with Gasteiger partial charge in [0.05, 0.1) is 0 Å². The van der Waals surface area contributed by atoms with Crippen molar-refractivity contribution in [3.63, 3.8) is 0 Å². The molecule has 1 unspecified atom stereocenters. The van der Waals surface area contributed by atoms with Crippen LogP contribution in [0.4, 0.5) is 4.79 Å². The molecule has 1 aliphatic heterocycles. The van der Waals surface area contributed by atoms with E-state index in [1.165, 1.54) is 0 Å². The van der Waals surface area contributed by atoms with Crippen molar-refractivity contribution in [2.75, 3.05) is 14.1 Å². The van der Waals surface area contributed by atoms with E-state index in [9.17, 15) is 4.79 Å². The van der Waals surface area contributed by atoms with Crippen molar-refractivity contribution in [3.05, 3.63) is 11.8 Å². The molecule has 1 rings (SSSR count). The summed E-state index contributed by atoms with van der Waals surface area (Å²) >= 11 is 0. The molecule has 0 radical (unpaired) electrons. The van der Waals surface area contributed by atoms with Crippen molar-refractivity contribution < 1.29 is 4.79 Å². The Kier molecular flexibility index (Phi) is 2.10. The van der Waals surface area contributed by atoms with Crippen molar-refractivity contribution >= 4 is 6.03 Å². The van der Waals surface area contributed by atoms with Crippen molar-refractivity contribution in [2.24, 2.45) is 0 Å². The predicted octanol–water partition coefficient (Wildman–Crippen LogP) is 0.481. The van der Waals surface area contributed by atoms with Gasteiger partial charge in [-0.2, -0.15) is 0 Å². The van der Waals surface area contributed by atoms with Crippen molar-refractivity contribution in [1.29, 1.82) is 0 Å². The molecule has 0 saturated heterocycles. The fraction of sp³-hybridized carbons (Fsp3) is 0.625. The van der Waals surface area contributed by atoms with Gasteiger partial charge >= 0.3 is 6.03 Å². The highest BCUT2D eigenvalue weighted by Crippen LogP contribution is 2.14. The van der Waals surface area contributed by atoms with Crippen LogP contribution in [0.1, 0.15) is 13.8 Å². The summed E-state index contributed by atoms with van der Waals surface area (Å²) in [5.41, 5.74) is 0.516. The molecule has 12 heavy (non-hydrogen) atoms. The highest BCUT2D eigenvalue weighted by Gasteiger charge is 2.29. The fourth-order valence-electron chi connectivity index (χ4n) is 1.17. The molecule has 0 fully saturated rings. The van der Waals surface area contributed by atoms with Crippen LogP contribution in [0.5, 0.6) is 0 Å². The number of allylic oxidation sites excluding steroid dienone is 1. The van der Waals surface area contributed by atoms with Crippen molar-refractivity contribution in [2.45, 2.75) is 19.5 Å². The van der Waals surface area contributed by atoms with E-state index in [0.717, 1.165) is 5.70 Å². The fourth-order valence-corrected chi connectivity index (χ4v) is 1.17. The van der Waals surface area contributed by atoms with E-state index in [4.69, 9.17) is 0 Å². The minimum Gasteiger partial charge on any atom is -0.316 e. The third-order valence-electron chi connectivity index (χ3n) is 2.10. The lowest BCUT2D eigenvalue weighted by Gasteiger charge is -2.37. The second-order valence-corrected chi connectivity index (χ2v) is 3.45. The SMILES string of the molecule is CC1=CC(C)(N(C)C)NC(=O)N1. The quantitative estimate of drug-likeness (QED) is 0.599. The first kappa shape index (κ1) is 9.06. The largest absolute Gasteiger partial charge is 0.320 e. The maximum Gasteiger partial charge on any atom is 0.320 e. The normalized spacial score (nSPS) is 29.4. The number of hydrogen-bond acceptors (Lipinski definition) is 2. The van der Waals surface area contributed by atoms with Crippen LogP contribution < -0.4 is 10.6 Å². The average molecular weight is 169 g/mol. The van der Waals surface area contributed by atoms with Crippen LogP contribution in [0, 0.1) is 0 Å². The third kappa shape index (κ3) is 1.58. The van der Waals surface area contributed by atoms with Gasteiger partial charge in [0.2, 0.25) is 0 Å². The molecule has 0 aromatic heterocycles. The first-order valence-electron chi connectivity index (χ1n) is 3.90. The van der Waals surface area contributed by atoms with Gasteiger partial charge in [-0.15, -0.1) is 0 Å². The number of nitrogens with zero attached hydrogens (tertiary/aromatic N) is 1. The zero-order valence-corrected chi connectivity index (χ0v) is 7.93. The number of carbonyl (C=O) groups is 1. The second-order valence-electron chi connectivity index (χ2n) is 3.45. The Morgan fingerprint density at radius 2 is 2.08 bits per heavy atom. The Hall–Kier alpha value is -1.03. The van der Waals surface area contributed by atoms with E-state index in [1.54, 1.807) is 0 Å². The summed E-state index contributed by atoms with van der Waals surface area (Å²) in [6.07, 6.45) is 1.98. The minimum absolute atomic E-state index is 0.147. The van der Waals surface area contributed by atoms with Gasteiger partial charge in [0.25, 0.3) is 0 Å². The molecule has 0 spiro atoms. The van der Waals surface area contributed by atoms with Gasteiger partial charge in [-0.25, -0.2) is 4.79 Å². The molecule has 2 N–H and O–H groups in total. The minimum atomic E-state index is -0.369. The number of rotatable bonds is 1. The number of amides is 2. The molecule has 0 aromatic rings. The van der Waals surface area contributed by atoms with Crippen LogP contribution in [-0.4, -0.2) is 30.7 Å². The molecule has 4 heteroatoms. The van der Waals surface area contributed by atoms with Gasteiger partial charge in [-0.05, 0) is 34.0 Å². The van der Waals surface area contributed by atoms with E-state index < -0.39 is 0 Å². The number of hydrogen-bond donors (Lipinski definition) is 2. The second kappa shape index (κ2) is 2.79. The summed E-state index contributed by atoms with van der Waals surface area (Å²) in [7, 11) is 3.85. The van der Waals surface area contributed by atoms with Crippen LogP contribution in [0.25, 0.3) is 0 Å². The first-order chi connectivity index (χ1) is 5.44. The van der Waals surface area contributed by atoms with Crippen LogP contribution >= 0.6 is 0 Å². The van der Waals surface area contributed by atoms with Crippen LogP contribution in [0.2, 0.25) is 0 Å². The first-order valence-corrected chi connectivity index (χ1v) is 3.90. The van der Waals surface area contributed by atoms with E-state index in [2.05, 4.69) is 10.6 Å². The van der Waals surface area contributed by atoms with E-state index in [-0.39, 0.29) is 11.7 Å². The molecule has 4 nitrogen and oxygen atoms in total. The molecular formula is C8H15N3O. The van der Waals surface area contributed by atoms with Crippen molar-refractivity contribution in [1.82, 2.24) is 15.5 Å². The Bertz CT molecular complexity index is 234. The molecule has 0 aliphatic carbocycles. The number of urea groups is 1. The number of likely N-dealkylation sites (N-methyl/N-ethyl adjacent to an activating group) is 1. The molecule has 0 saturated carbocycles. The number of carbonyl (C=O) groups excluding carboxylic acids is 1. The van der Waals surface area contributed by atoms with Crippen molar-refractivity contribution in [3.8, 4) is 0 Å². The summed E-state index contributed by atoms with van der Waals surface area (Å²) in [5.74, 6) is 0. The molecule has 0 bridgehead atoms. The van der Waals surface area contributed by atoms with Crippen LogP contribution in [0.3, 0.4) is 0 Å². The standard InChI is InChI=1S/C8H15N3O/c1-6-5-8(2,11(3)4)10-7(12)9-6/h5H,1-4H3,(H2,9,10,12). The summed E-state index contributed by atoms with van der Waals surface area (Å²) in [4.78, 5) is 13.1. The monoisotopic (exact) mass is 169 g/mol. The maximum absolute atomic E-state index is 11.1. The lowest BCUT2D eigenvalue weighted by atomic mass is 10.1. The molecule has 1 atom stereocenters. The van der Waals surface area contributed by atoms with Gasteiger partial charge < -0.3 is 10.6 Å². The summed E-state index contributed by atoms with van der Waals surface area (Å²) in [5, 5.41) is 5.50. The molecule has 1 heterocycles. The highest BCUT2D eigenvalue weighted by atomic mass is 16.2. The van der Waals surface area contributed by atoms with E-state index >= 15 is 0 Å². The predicted molar refractivity (Wildman–Crippen MR) is 47.5 cm³/mol. The van der Waals surface area contributed by atoms with Crippen LogP contribution in [0.15, 0.2) is 11.8 Å². The Morgan fingerprint density at radius 3 is 2.50 bits per heavy atom. The molecular weight excluding hydrogens is 154 g/mol. The average Bonchev–Trinajstić information content (AvgIpc) is 1.82. The van der Waals surface area contributed by atoms with Gasteiger partial charge in [0, 0.05) is 5.70 Å². The molecule has 2 amide bonds. The zero-order chi connectivity index (χ0) is 9.35. The Balaban J connectivity index is 2.92. The smallest absolute Gasteiger partial charge is 0.316 e. The van der Waals surface area contributed by atoms with Gasteiger partial charge in [-0.1, -0.05) is 0 Å². The van der Waals surface area contributed by atoms with Crippen LogP contribution in [-0.2, 0) is 0 Å². The van der Waals surface area contributed by atoms with E-state index in [1.807, 2.05) is 38.9 Å². The molecule has 0 aromatic carbocycles. The Morgan fingerprint density at radius 1 is 1.50 bits per heavy atom. The lowest BCUT2D eigenvalue weighted by molar-refractivity contribution is 0.169. The Labute approximate surface area is 72.6 Å². The van der Waals surface area contributed by atoms with Gasteiger partial charge in [0.1, 0.15) is 5.66 Å². The lowest BCUT2D eigenvalue weighted by Crippen LogP contribution is -2.60. The zero-order valence-electron chi connectivity index (χ0n) is 7.93. The summed E-state index contributed by atoms with van der Waals surface area (Å²) in [6.45, 7) is 3.83.